The lowest BCUT2D eigenvalue weighted by Gasteiger charge is -1.83. The Bertz CT molecular complexity index is 163. The van der Waals surface area contributed by atoms with Crippen molar-refractivity contribution in [2.75, 3.05) is 0 Å². The van der Waals surface area contributed by atoms with Gasteiger partial charge in [-0.25, -0.2) is 0 Å². The van der Waals surface area contributed by atoms with Gasteiger partial charge in [0.05, 0.1) is 0 Å². The van der Waals surface area contributed by atoms with E-state index in [0.29, 0.717) is 6.42 Å². The van der Waals surface area contributed by atoms with Crippen molar-refractivity contribution in [3.05, 3.63) is 12.7 Å². The number of hydrogen-bond donors (Lipinski definition) is 0. The monoisotopic (exact) mass is 162 g/mol. The van der Waals surface area contributed by atoms with Gasteiger partial charge in [-0.1, -0.05) is 10.6 Å². The van der Waals surface area contributed by atoms with E-state index in [1.165, 1.54) is 6.08 Å². The quantitative estimate of drug-likeness (QED) is 0.472. The molecular formula is C5H6ClNOP+. The van der Waals surface area contributed by atoms with Gasteiger partial charge in [-0.05, 0) is 0 Å². The molecule has 0 aliphatic carbocycles. The number of rotatable bonds is 3. The van der Waals surface area contributed by atoms with Gasteiger partial charge in [0.15, 0.2) is 0 Å². The summed E-state index contributed by atoms with van der Waals surface area (Å²) in [5, 5.41) is 8.26. The first-order chi connectivity index (χ1) is 4.22. The molecule has 2 unspecified atom stereocenters. The number of hydrogen-bond acceptors (Lipinski definition) is 2. The zero-order valence-electron chi connectivity index (χ0n) is 4.75. The van der Waals surface area contributed by atoms with Gasteiger partial charge < -0.3 is 0 Å². The Morgan fingerprint density at radius 2 is 2.56 bits per heavy atom. The maximum absolute atomic E-state index is 10.4. The molecule has 9 heavy (non-hydrogen) atoms. The van der Waals surface area contributed by atoms with E-state index in [1.54, 1.807) is 0 Å². The van der Waals surface area contributed by atoms with Crippen LogP contribution in [0.5, 0.6) is 0 Å². The third kappa shape index (κ3) is 3.24. The lowest BCUT2D eigenvalue weighted by Crippen LogP contribution is -1.91. The summed E-state index contributed by atoms with van der Waals surface area (Å²) in [5.41, 5.74) is -0.570. The van der Waals surface area contributed by atoms with Crippen LogP contribution < -0.4 is 0 Å². The average Bonchev–Trinajstić information content (AvgIpc) is 1.82. The Hall–Kier alpha value is -0.380. The minimum atomic E-state index is -1.88. The van der Waals surface area contributed by atoms with Gasteiger partial charge in [0.1, 0.15) is 6.07 Å². The standard InChI is InChI=1S/C5H6ClNOP/c1-2-3-5(4-7)9(6)8/h2,5H,1,3H2/q+1. The van der Waals surface area contributed by atoms with Crippen LogP contribution in [0.25, 0.3) is 0 Å². The number of nitrogens with zero attached hydrogens (tertiary/aromatic N) is 1. The molecule has 0 amide bonds. The molecule has 0 saturated carbocycles. The van der Waals surface area contributed by atoms with Crippen molar-refractivity contribution in [1.29, 1.82) is 5.26 Å². The largest absolute Gasteiger partial charge is 0.473 e. The molecule has 0 aromatic rings. The van der Waals surface area contributed by atoms with Crippen LogP contribution in [-0.2, 0) is 4.57 Å². The highest BCUT2D eigenvalue weighted by atomic mass is 35.7. The second-order valence-corrected chi connectivity index (χ2v) is 3.61. The van der Waals surface area contributed by atoms with E-state index in [2.05, 4.69) is 6.58 Å². The van der Waals surface area contributed by atoms with E-state index in [9.17, 15) is 4.57 Å². The van der Waals surface area contributed by atoms with E-state index < -0.39 is 12.8 Å². The molecule has 0 rings (SSSR count). The number of halogens is 1. The molecule has 0 aromatic heterocycles. The molecule has 0 aromatic carbocycles. The van der Waals surface area contributed by atoms with Gasteiger partial charge in [-0.3, -0.25) is 0 Å². The molecule has 0 saturated heterocycles. The fraction of sp³-hybridized carbons (Fsp3) is 0.400. The second kappa shape index (κ2) is 4.49. The van der Waals surface area contributed by atoms with Gasteiger partial charge >= 0.3 is 7.15 Å². The van der Waals surface area contributed by atoms with Crippen LogP contribution in [0.1, 0.15) is 6.42 Å². The molecule has 2 nitrogen and oxygen atoms in total. The normalized spacial score (nSPS) is 13.6. The third-order valence-corrected chi connectivity index (χ3v) is 2.31. The smallest absolute Gasteiger partial charge is 0.193 e. The molecule has 0 N–H and O–H groups in total. The molecule has 2 atom stereocenters. The van der Waals surface area contributed by atoms with E-state index in [0.717, 1.165) is 0 Å². The topological polar surface area (TPSA) is 40.9 Å². The predicted octanol–water partition coefficient (Wildman–Crippen LogP) is 2.44. The van der Waals surface area contributed by atoms with Crippen molar-refractivity contribution in [1.82, 2.24) is 0 Å². The minimum Gasteiger partial charge on any atom is -0.193 e. The average molecular weight is 163 g/mol. The summed E-state index contributed by atoms with van der Waals surface area (Å²) in [4.78, 5) is 0. The van der Waals surface area contributed by atoms with E-state index in [-0.39, 0.29) is 0 Å². The maximum atomic E-state index is 10.4. The van der Waals surface area contributed by atoms with Crippen LogP contribution in [0.3, 0.4) is 0 Å². The van der Waals surface area contributed by atoms with E-state index in [1.807, 2.05) is 6.07 Å². The molecule has 0 radical (unpaired) electrons. The first kappa shape index (κ1) is 8.62. The van der Waals surface area contributed by atoms with Crippen molar-refractivity contribution in [2.24, 2.45) is 0 Å². The highest BCUT2D eigenvalue weighted by molar-refractivity contribution is 7.74. The molecule has 4 heteroatoms. The summed E-state index contributed by atoms with van der Waals surface area (Å²) in [5.74, 6) is 0. The van der Waals surface area contributed by atoms with Crippen LogP contribution in [0.15, 0.2) is 12.7 Å². The fourth-order valence-corrected chi connectivity index (χ4v) is 1.11. The number of allylic oxidation sites excluding steroid dienone is 1. The zero-order valence-corrected chi connectivity index (χ0v) is 6.40. The first-order valence-corrected chi connectivity index (χ1v) is 4.58. The summed E-state index contributed by atoms with van der Waals surface area (Å²) >= 11 is 5.16. The molecule has 0 bridgehead atoms. The van der Waals surface area contributed by atoms with Crippen LogP contribution >= 0.6 is 18.4 Å². The number of nitriles is 1. The summed E-state index contributed by atoms with van der Waals surface area (Å²) in [6.07, 6.45) is 1.93. The van der Waals surface area contributed by atoms with Crippen LogP contribution in [0.4, 0.5) is 0 Å². The van der Waals surface area contributed by atoms with Gasteiger partial charge in [-0.2, -0.15) is 5.26 Å². The van der Waals surface area contributed by atoms with Crippen LogP contribution in [-0.4, -0.2) is 5.66 Å². The van der Waals surface area contributed by atoms with E-state index in [4.69, 9.17) is 16.5 Å². The van der Waals surface area contributed by atoms with Gasteiger partial charge in [0.2, 0.25) is 11.2 Å². The maximum Gasteiger partial charge on any atom is 0.473 e. The molecule has 48 valence electrons. The Kier molecular flexibility index (Phi) is 4.30. The van der Waals surface area contributed by atoms with Crippen molar-refractivity contribution in [2.45, 2.75) is 12.1 Å². The zero-order chi connectivity index (χ0) is 7.28. The minimum absolute atomic E-state index is 0.398. The van der Waals surface area contributed by atoms with Crippen LogP contribution in [0.2, 0.25) is 0 Å². The molecule has 0 fully saturated rings. The third-order valence-electron chi connectivity index (χ3n) is 0.784. The van der Waals surface area contributed by atoms with Gasteiger partial charge in [0, 0.05) is 6.42 Å². The van der Waals surface area contributed by atoms with Crippen molar-refractivity contribution >= 4 is 18.4 Å². The second-order valence-electron chi connectivity index (χ2n) is 1.44. The molecule has 0 spiro atoms. The van der Waals surface area contributed by atoms with Crippen molar-refractivity contribution in [3.63, 3.8) is 0 Å². The predicted molar refractivity (Wildman–Crippen MR) is 37.7 cm³/mol. The molecule has 0 heterocycles. The highest BCUT2D eigenvalue weighted by Crippen LogP contribution is 2.34. The summed E-state index contributed by atoms with van der Waals surface area (Å²) in [6.45, 7) is 3.39. The lowest BCUT2D eigenvalue weighted by molar-refractivity contribution is 0.592. The summed E-state index contributed by atoms with van der Waals surface area (Å²) in [7, 11) is -1.88. The summed E-state index contributed by atoms with van der Waals surface area (Å²) in [6, 6.07) is 1.82. The lowest BCUT2D eigenvalue weighted by atomic mass is 10.3. The van der Waals surface area contributed by atoms with Gasteiger partial charge in [-0.15, -0.1) is 6.58 Å². The Morgan fingerprint density at radius 3 is 2.67 bits per heavy atom. The highest BCUT2D eigenvalue weighted by Gasteiger charge is 2.26. The Labute approximate surface area is 59.7 Å². The van der Waals surface area contributed by atoms with Gasteiger partial charge in [0.25, 0.3) is 5.66 Å². The fourth-order valence-electron chi connectivity index (χ4n) is 0.339. The van der Waals surface area contributed by atoms with Crippen LogP contribution in [0, 0.1) is 11.3 Å². The molecular weight excluding hydrogens is 156 g/mol. The summed E-state index contributed by atoms with van der Waals surface area (Å²) < 4.78 is 10.4. The first-order valence-electron chi connectivity index (χ1n) is 2.35. The Balaban J connectivity index is 3.86. The van der Waals surface area contributed by atoms with E-state index >= 15 is 0 Å². The van der Waals surface area contributed by atoms with Crippen molar-refractivity contribution < 1.29 is 4.57 Å². The Morgan fingerprint density at radius 1 is 2.00 bits per heavy atom. The SMILES string of the molecule is C=CCC(C#N)[P+](=O)Cl. The van der Waals surface area contributed by atoms with Crippen molar-refractivity contribution in [3.8, 4) is 6.07 Å². The molecule has 0 aliphatic rings. The molecule has 0 aliphatic heterocycles.